The van der Waals surface area contributed by atoms with Crippen molar-refractivity contribution in [3.63, 3.8) is 0 Å². The summed E-state index contributed by atoms with van der Waals surface area (Å²) in [6, 6.07) is 9.32. The van der Waals surface area contributed by atoms with Gasteiger partial charge in [-0.25, -0.2) is 8.42 Å². The smallest absolute Gasteiger partial charge is 0.501 e. The summed E-state index contributed by atoms with van der Waals surface area (Å²) < 4.78 is 73.0. The van der Waals surface area contributed by atoms with Crippen molar-refractivity contribution < 1.29 is 41.0 Å². The Hall–Kier alpha value is -3.44. The second-order valence-electron chi connectivity index (χ2n) is 9.68. The van der Waals surface area contributed by atoms with Crippen molar-refractivity contribution in [2.45, 2.75) is 43.5 Å². The lowest BCUT2D eigenvalue weighted by atomic mass is 9.81. The van der Waals surface area contributed by atoms with Crippen LogP contribution in [0.2, 0.25) is 5.02 Å². The molecule has 0 bridgehead atoms. The second kappa shape index (κ2) is 9.39. The molecule has 2 N–H and O–H groups in total. The first-order valence-electron chi connectivity index (χ1n) is 11.2. The summed E-state index contributed by atoms with van der Waals surface area (Å²) in [5.41, 5.74) is -4.08. The number of amides is 1. The topological polar surface area (TPSA) is 102 Å². The molecule has 3 aromatic carbocycles. The van der Waals surface area contributed by atoms with E-state index in [0.717, 1.165) is 6.07 Å². The highest BCUT2D eigenvalue weighted by atomic mass is 35.5. The number of halogens is 4. The molecule has 0 spiro atoms. The largest absolute Gasteiger partial charge is 0.507 e. The first-order chi connectivity index (χ1) is 17.5. The lowest BCUT2D eigenvalue weighted by Gasteiger charge is -2.25. The summed E-state index contributed by atoms with van der Waals surface area (Å²) >= 11 is 6.05. The molecule has 0 saturated heterocycles. The normalized spacial score (nSPS) is 13.5. The fraction of sp³-hybridized carbons (Fsp3) is 0.269. The van der Waals surface area contributed by atoms with Crippen molar-refractivity contribution in [2.24, 2.45) is 0 Å². The minimum Gasteiger partial charge on any atom is -0.507 e. The van der Waals surface area contributed by atoms with Gasteiger partial charge in [0.25, 0.3) is 15.7 Å². The van der Waals surface area contributed by atoms with Crippen molar-refractivity contribution in [1.82, 2.24) is 0 Å². The average Bonchev–Trinajstić information content (AvgIpc) is 3.27. The van der Waals surface area contributed by atoms with E-state index in [4.69, 9.17) is 21.1 Å². The monoisotopic (exact) mass is 569 g/mol. The van der Waals surface area contributed by atoms with Crippen LogP contribution in [0.15, 0.2) is 47.4 Å². The van der Waals surface area contributed by atoms with Gasteiger partial charge in [0.05, 0.1) is 21.2 Å². The zero-order valence-corrected chi connectivity index (χ0v) is 22.2. The number of aromatic hydroxyl groups is 1. The van der Waals surface area contributed by atoms with Crippen molar-refractivity contribution in [1.29, 1.82) is 0 Å². The van der Waals surface area contributed by atoms with Crippen LogP contribution in [0.5, 0.6) is 17.2 Å². The lowest BCUT2D eigenvalue weighted by Crippen LogP contribution is -2.23. The van der Waals surface area contributed by atoms with E-state index in [1.54, 1.807) is 31.2 Å². The molecule has 0 aliphatic carbocycles. The summed E-state index contributed by atoms with van der Waals surface area (Å²) in [4.78, 5) is 12.4. The number of carbonyl (C=O) groups excluding carboxylic acids is 1. The van der Waals surface area contributed by atoms with E-state index in [1.165, 1.54) is 0 Å². The molecular formula is C26H23ClF3NO6S. The molecular weight excluding hydrogens is 547 g/mol. The Bertz CT molecular complexity index is 1560. The number of sulfone groups is 1. The molecule has 1 aliphatic rings. The standard InChI is InChI=1S/C26H23ClF3NO6S/c1-13-16(14-5-8-20-21(9-14)37-12-36-20)11-17(25(2,3)4)23(32)22(13)24(33)31-19-7-6-15(10-18(19)27)38(34,35)26(28,29)30/h5-11,32H,12H2,1-4H3,(H,31,33). The van der Waals surface area contributed by atoms with Crippen molar-refractivity contribution in [3.05, 3.63) is 64.2 Å². The highest BCUT2D eigenvalue weighted by molar-refractivity contribution is 7.92. The minimum absolute atomic E-state index is 0.0758. The molecule has 0 aromatic heterocycles. The van der Waals surface area contributed by atoms with Gasteiger partial charge in [-0.15, -0.1) is 0 Å². The van der Waals surface area contributed by atoms with Crippen LogP contribution in [0.1, 0.15) is 42.3 Å². The number of rotatable bonds is 4. The molecule has 0 fully saturated rings. The van der Waals surface area contributed by atoms with Crippen LogP contribution in [0.25, 0.3) is 11.1 Å². The van der Waals surface area contributed by atoms with Gasteiger partial charge >= 0.3 is 5.51 Å². The zero-order chi connectivity index (χ0) is 28.2. The highest BCUT2D eigenvalue weighted by Gasteiger charge is 2.47. The Labute approximate surface area is 222 Å². The van der Waals surface area contributed by atoms with Gasteiger partial charge in [-0.1, -0.05) is 38.4 Å². The Morgan fingerprint density at radius 3 is 2.29 bits per heavy atom. The molecule has 1 heterocycles. The number of ether oxygens (including phenoxy) is 2. The molecule has 1 aliphatic heterocycles. The third-order valence-corrected chi connectivity index (χ3v) is 7.88. The van der Waals surface area contributed by atoms with Crippen molar-refractivity contribution in [2.75, 3.05) is 12.1 Å². The number of benzene rings is 3. The SMILES string of the molecule is Cc1c(-c2ccc3c(c2)OCO3)cc(C(C)(C)C)c(O)c1C(=O)Nc1ccc(S(=O)(=O)C(F)(F)F)cc1Cl. The van der Waals surface area contributed by atoms with Crippen molar-refractivity contribution >= 4 is 33.0 Å². The maximum absolute atomic E-state index is 13.4. The first-order valence-corrected chi connectivity index (χ1v) is 13.1. The molecule has 0 unspecified atom stereocenters. The lowest BCUT2D eigenvalue weighted by molar-refractivity contribution is -0.0436. The fourth-order valence-electron chi connectivity index (χ4n) is 4.06. The first kappa shape index (κ1) is 27.6. The van der Waals surface area contributed by atoms with Crippen LogP contribution in [-0.4, -0.2) is 31.7 Å². The molecule has 202 valence electrons. The second-order valence-corrected chi connectivity index (χ2v) is 12.0. The molecule has 1 amide bonds. The van der Waals surface area contributed by atoms with E-state index < -0.39 is 36.6 Å². The van der Waals surface area contributed by atoms with Gasteiger partial charge in [-0.3, -0.25) is 4.79 Å². The van der Waals surface area contributed by atoms with Gasteiger partial charge in [0.15, 0.2) is 11.5 Å². The van der Waals surface area contributed by atoms with E-state index in [2.05, 4.69) is 5.32 Å². The van der Waals surface area contributed by atoms with E-state index in [0.29, 0.717) is 45.9 Å². The third-order valence-electron chi connectivity index (χ3n) is 6.08. The molecule has 38 heavy (non-hydrogen) atoms. The van der Waals surface area contributed by atoms with Gasteiger partial charge in [0, 0.05) is 5.56 Å². The van der Waals surface area contributed by atoms with Crippen LogP contribution < -0.4 is 14.8 Å². The van der Waals surface area contributed by atoms with Crippen molar-refractivity contribution in [3.8, 4) is 28.4 Å². The molecule has 7 nitrogen and oxygen atoms in total. The van der Waals surface area contributed by atoms with Crippen LogP contribution in [0.4, 0.5) is 18.9 Å². The summed E-state index contributed by atoms with van der Waals surface area (Å²) in [6.07, 6.45) is 0. The average molecular weight is 570 g/mol. The summed E-state index contributed by atoms with van der Waals surface area (Å²) in [6.45, 7) is 7.30. The number of fused-ring (bicyclic) bond motifs is 1. The van der Waals surface area contributed by atoms with Gasteiger partial charge in [0.1, 0.15) is 5.75 Å². The summed E-state index contributed by atoms with van der Waals surface area (Å²) in [5, 5.41) is 13.2. The molecule has 0 atom stereocenters. The van der Waals surface area contributed by atoms with E-state index >= 15 is 0 Å². The van der Waals surface area contributed by atoms with E-state index in [1.807, 2.05) is 20.8 Å². The quantitative estimate of drug-likeness (QED) is 0.367. The maximum Gasteiger partial charge on any atom is 0.501 e. The number of hydrogen-bond acceptors (Lipinski definition) is 6. The number of alkyl halides is 3. The Kier molecular flexibility index (Phi) is 6.82. The Morgan fingerprint density at radius 1 is 1.03 bits per heavy atom. The van der Waals surface area contributed by atoms with Crippen LogP contribution in [0, 0.1) is 6.92 Å². The van der Waals surface area contributed by atoms with Gasteiger partial charge in [-0.05, 0) is 65.4 Å². The Balaban J connectivity index is 1.79. The van der Waals surface area contributed by atoms with E-state index in [9.17, 15) is 31.5 Å². The minimum atomic E-state index is -5.63. The summed E-state index contributed by atoms with van der Waals surface area (Å²) in [7, 11) is -5.63. The van der Waals surface area contributed by atoms with Gasteiger partial charge in [-0.2, -0.15) is 13.2 Å². The molecule has 0 radical (unpaired) electrons. The van der Waals surface area contributed by atoms with Gasteiger partial charge in [0.2, 0.25) is 6.79 Å². The van der Waals surface area contributed by atoms with Crippen LogP contribution in [-0.2, 0) is 15.3 Å². The van der Waals surface area contributed by atoms with Crippen LogP contribution in [0.3, 0.4) is 0 Å². The summed E-state index contributed by atoms with van der Waals surface area (Å²) in [5.74, 6) is 0.0367. The predicted molar refractivity (Wildman–Crippen MR) is 136 cm³/mol. The number of phenolic OH excluding ortho intramolecular Hbond substituents is 1. The molecule has 3 aromatic rings. The molecule has 0 saturated carbocycles. The molecule has 4 rings (SSSR count). The maximum atomic E-state index is 13.4. The fourth-order valence-corrected chi connectivity index (χ4v) is 5.14. The van der Waals surface area contributed by atoms with E-state index in [-0.39, 0.29) is 23.8 Å². The predicted octanol–water partition coefficient (Wildman–Crippen LogP) is 6.59. The number of nitrogens with one attached hydrogen (secondary N) is 1. The number of phenols is 1. The highest BCUT2D eigenvalue weighted by Crippen LogP contribution is 2.43. The third kappa shape index (κ3) is 4.88. The number of anilines is 1. The number of hydrogen-bond donors (Lipinski definition) is 2. The zero-order valence-electron chi connectivity index (χ0n) is 20.7. The number of carbonyl (C=O) groups is 1. The molecule has 12 heteroatoms. The Morgan fingerprint density at radius 2 is 1.68 bits per heavy atom. The van der Waals surface area contributed by atoms with Crippen LogP contribution >= 0.6 is 11.6 Å². The van der Waals surface area contributed by atoms with Gasteiger partial charge < -0.3 is 19.9 Å².